The van der Waals surface area contributed by atoms with Gasteiger partial charge in [0.2, 0.25) is 5.95 Å². The number of carbonyl (C=O) groups excluding carboxylic acids is 1. The van der Waals surface area contributed by atoms with Gasteiger partial charge in [0.15, 0.2) is 0 Å². The number of benzene rings is 1. The van der Waals surface area contributed by atoms with Crippen molar-refractivity contribution >= 4 is 27.8 Å². The van der Waals surface area contributed by atoms with Crippen molar-refractivity contribution < 1.29 is 23.1 Å². The molecule has 2 aromatic rings. The summed E-state index contributed by atoms with van der Waals surface area (Å²) >= 11 is 0. The topological polar surface area (TPSA) is 143 Å². The summed E-state index contributed by atoms with van der Waals surface area (Å²) in [5.41, 5.74) is 0.300. The third-order valence-electron chi connectivity index (χ3n) is 3.96. The van der Waals surface area contributed by atoms with Gasteiger partial charge in [-0.3, -0.25) is 4.79 Å². The zero-order valence-corrected chi connectivity index (χ0v) is 14.7. The fraction of sp³-hybridized carbons (Fsp3) is 0.333. The van der Waals surface area contributed by atoms with E-state index >= 15 is 0 Å². The van der Waals surface area contributed by atoms with E-state index in [0.717, 1.165) is 6.42 Å². The molecule has 1 aliphatic heterocycles. The van der Waals surface area contributed by atoms with Gasteiger partial charge in [0.1, 0.15) is 17.3 Å². The number of amides is 1. The van der Waals surface area contributed by atoms with Gasteiger partial charge in [-0.25, -0.2) is 17.9 Å². The molecule has 1 amide bonds. The monoisotopic (exact) mass is 379 g/mol. The standard InChI is InChI=1S/C15H17N5O5S/c1-2-3-4-10(14(22)23)18-13(21)9-5-6-11-12(7-9)26(24,25)19-15-16-8-17-20(11)15/h5-8,10H,2-4H2,1H3,(H,18,21)(H,22,23)(H,16,17,19). The molecule has 10 nitrogen and oxygen atoms in total. The highest BCUT2D eigenvalue weighted by atomic mass is 32.2. The number of carboxylic acids is 1. The number of carboxylic acid groups (broad SMARTS) is 1. The molecule has 3 rings (SSSR count). The van der Waals surface area contributed by atoms with Crippen LogP contribution in [0.1, 0.15) is 36.5 Å². The molecule has 1 aromatic carbocycles. The lowest BCUT2D eigenvalue weighted by atomic mass is 10.1. The molecule has 0 bridgehead atoms. The number of rotatable bonds is 6. The lowest BCUT2D eigenvalue weighted by molar-refractivity contribution is -0.139. The molecule has 3 N–H and O–H groups in total. The van der Waals surface area contributed by atoms with E-state index in [1.165, 1.54) is 29.2 Å². The number of fused-ring (bicyclic) bond motifs is 3. The van der Waals surface area contributed by atoms with Crippen LogP contribution in [0.4, 0.5) is 5.95 Å². The number of anilines is 1. The Kier molecular flexibility index (Phi) is 4.64. The Morgan fingerprint density at radius 3 is 2.85 bits per heavy atom. The Labute approximate surface area is 149 Å². The number of carbonyl (C=O) groups is 2. The second-order valence-corrected chi connectivity index (χ2v) is 7.44. The summed E-state index contributed by atoms with van der Waals surface area (Å²) in [7, 11) is -3.91. The average Bonchev–Trinajstić information content (AvgIpc) is 3.05. The Morgan fingerprint density at radius 2 is 2.15 bits per heavy atom. The van der Waals surface area contributed by atoms with Crippen LogP contribution in [0.3, 0.4) is 0 Å². The van der Waals surface area contributed by atoms with Crippen LogP contribution < -0.4 is 10.0 Å². The van der Waals surface area contributed by atoms with E-state index < -0.39 is 27.9 Å². The number of aliphatic carboxylic acids is 1. The number of hydrogen-bond acceptors (Lipinski definition) is 6. The number of unbranched alkanes of at least 4 members (excludes halogenated alkanes) is 1. The van der Waals surface area contributed by atoms with Crippen molar-refractivity contribution in [2.75, 3.05) is 4.72 Å². The van der Waals surface area contributed by atoms with E-state index in [-0.39, 0.29) is 22.1 Å². The van der Waals surface area contributed by atoms with Gasteiger partial charge in [-0.1, -0.05) is 19.8 Å². The Morgan fingerprint density at radius 1 is 1.38 bits per heavy atom. The second-order valence-electron chi connectivity index (χ2n) is 5.79. The molecule has 1 aliphatic rings. The minimum absolute atomic E-state index is 0.0421. The Balaban J connectivity index is 1.91. The maximum atomic E-state index is 12.4. The maximum Gasteiger partial charge on any atom is 0.326 e. The van der Waals surface area contributed by atoms with Crippen LogP contribution in [0.15, 0.2) is 29.4 Å². The van der Waals surface area contributed by atoms with Gasteiger partial charge in [0.05, 0.1) is 5.69 Å². The Bertz CT molecular complexity index is 969. The molecule has 138 valence electrons. The van der Waals surface area contributed by atoms with Gasteiger partial charge in [0, 0.05) is 5.56 Å². The minimum atomic E-state index is -3.91. The molecule has 11 heteroatoms. The average molecular weight is 379 g/mol. The van der Waals surface area contributed by atoms with Crippen LogP contribution in [0.25, 0.3) is 5.69 Å². The quantitative estimate of drug-likeness (QED) is 0.672. The maximum absolute atomic E-state index is 12.4. The van der Waals surface area contributed by atoms with E-state index in [4.69, 9.17) is 0 Å². The van der Waals surface area contributed by atoms with Gasteiger partial charge in [0.25, 0.3) is 15.9 Å². The molecule has 26 heavy (non-hydrogen) atoms. The second kappa shape index (κ2) is 6.75. The van der Waals surface area contributed by atoms with Crippen LogP contribution >= 0.6 is 0 Å². The molecule has 1 unspecified atom stereocenters. The summed E-state index contributed by atoms with van der Waals surface area (Å²) in [4.78, 5) is 27.3. The molecule has 1 aromatic heterocycles. The molecule has 0 saturated carbocycles. The van der Waals surface area contributed by atoms with Crippen molar-refractivity contribution in [3.63, 3.8) is 0 Å². The van der Waals surface area contributed by atoms with E-state index in [1.807, 2.05) is 6.92 Å². The minimum Gasteiger partial charge on any atom is -0.480 e. The molecular formula is C15H17N5O5S. The summed E-state index contributed by atoms with van der Waals surface area (Å²) in [5.74, 6) is -1.73. The lowest BCUT2D eigenvalue weighted by Gasteiger charge is -2.19. The molecule has 0 radical (unpaired) electrons. The predicted octanol–water partition coefficient (Wildman–Crippen LogP) is 0.755. The first-order valence-electron chi connectivity index (χ1n) is 7.94. The van der Waals surface area contributed by atoms with E-state index in [0.29, 0.717) is 12.8 Å². The molecular weight excluding hydrogens is 362 g/mol. The molecule has 0 fully saturated rings. The van der Waals surface area contributed by atoms with Gasteiger partial charge in [-0.15, -0.1) is 0 Å². The largest absolute Gasteiger partial charge is 0.480 e. The number of aromatic nitrogens is 3. The van der Waals surface area contributed by atoms with E-state index in [1.54, 1.807) is 0 Å². The normalized spacial score (nSPS) is 15.3. The van der Waals surface area contributed by atoms with Crippen molar-refractivity contribution in [3.05, 3.63) is 30.1 Å². The highest BCUT2D eigenvalue weighted by Gasteiger charge is 2.30. The van der Waals surface area contributed by atoms with Crippen LogP contribution in [0, 0.1) is 0 Å². The lowest BCUT2D eigenvalue weighted by Crippen LogP contribution is -2.40. The van der Waals surface area contributed by atoms with Crippen LogP contribution in [-0.4, -0.2) is 46.2 Å². The Hall–Kier alpha value is -2.95. The number of nitrogens with zero attached hydrogens (tertiary/aromatic N) is 3. The van der Waals surface area contributed by atoms with Crippen LogP contribution in [0.2, 0.25) is 0 Å². The van der Waals surface area contributed by atoms with Crippen molar-refractivity contribution in [1.82, 2.24) is 20.1 Å². The highest BCUT2D eigenvalue weighted by molar-refractivity contribution is 7.93. The van der Waals surface area contributed by atoms with Crippen molar-refractivity contribution in [2.24, 2.45) is 0 Å². The van der Waals surface area contributed by atoms with E-state index in [9.17, 15) is 23.1 Å². The fourth-order valence-electron chi connectivity index (χ4n) is 2.62. The van der Waals surface area contributed by atoms with Crippen LogP contribution in [0.5, 0.6) is 0 Å². The van der Waals surface area contributed by atoms with Crippen molar-refractivity contribution in [3.8, 4) is 5.69 Å². The number of nitrogens with one attached hydrogen (secondary N) is 2. The summed E-state index contributed by atoms with van der Waals surface area (Å²) in [6.45, 7) is 1.92. The first kappa shape index (κ1) is 17.9. The third-order valence-corrected chi connectivity index (χ3v) is 5.32. The fourth-order valence-corrected chi connectivity index (χ4v) is 3.82. The summed E-state index contributed by atoms with van der Waals surface area (Å²) < 4.78 is 28.3. The van der Waals surface area contributed by atoms with Crippen molar-refractivity contribution in [1.29, 1.82) is 0 Å². The summed E-state index contributed by atoms with van der Waals surface area (Å²) in [6, 6.07) is 3.01. The molecule has 1 atom stereocenters. The van der Waals surface area contributed by atoms with Gasteiger partial charge < -0.3 is 10.4 Å². The molecule has 0 saturated heterocycles. The van der Waals surface area contributed by atoms with E-state index in [2.05, 4.69) is 20.1 Å². The molecule has 0 spiro atoms. The number of hydrogen-bond donors (Lipinski definition) is 3. The van der Waals surface area contributed by atoms with Gasteiger partial charge >= 0.3 is 5.97 Å². The first-order valence-corrected chi connectivity index (χ1v) is 9.42. The van der Waals surface area contributed by atoms with Crippen LogP contribution in [-0.2, 0) is 14.8 Å². The highest BCUT2D eigenvalue weighted by Crippen LogP contribution is 2.29. The smallest absolute Gasteiger partial charge is 0.326 e. The first-order chi connectivity index (χ1) is 12.3. The SMILES string of the molecule is CCCCC(NC(=O)c1ccc2c(c1)S(=O)(=O)Nc1ncnn1-2)C(=O)O. The number of sulfonamides is 1. The molecule has 2 heterocycles. The zero-order valence-electron chi connectivity index (χ0n) is 13.8. The third kappa shape index (κ3) is 3.25. The van der Waals surface area contributed by atoms with Crippen molar-refractivity contribution in [2.45, 2.75) is 37.1 Å². The van der Waals surface area contributed by atoms with Gasteiger partial charge in [-0.05, 0) is 24.6 Å². The molecule has 0 aliphatic carbocycles. The zero-order chi connectivity index (χ0) is 18.9. The van der Waals surface area contributed by atoms with Gasteiger partial charge in [-0.2, -0.15) is 14.8 Å². The predicted molar refractivity (Wildman–Crippen MR) is 90.6 cm³/mol. The summed E-state index contributed by atoms with van der Waals surface area (Å²) in [5, 5.41) is 15.6. The summed E-state index contributed by atoms with van der Waals surface area (Å²) in [6.07, 6.45) is 2.95.